The van der Waals surface area contributed by atoms with Crippen LogP contribution in [0.1, 0.15) is 70.8 Å². The maximum absolute atomic E-state index is 5.34. The number of H-pyrrole nitrogens is 1. The third-order valence-electron chi connectivity index (χ3n) is 3.70. The number of nitrogens with one attached hydrogen (secondary N) is 1. The molecule has 0 saturated heterocycles. The van der Waals surface area contributed by atoms with Crippen molar-refractivity contribution < 1.29 is 0 Å². The quantitative estimate of drug-likeness (QED) is 0.558. The first kappa shape index (κ1) is 13.8. The van der Waals surface area contributed by atoms with Gasteiger partial charge in [0.2, 0.25) is 0 Å². The Morgan fingerprint density at radius 3 is 2.65 bits per heavy atom. The zero-order valence-corrected chi connectivity index (χ0v) is 11.3. The van der Waals surface area contributed by atoms with Crippen LogP contribution in [0.4, 0.5) is 0 Å². The van der Waals surface area contributed by atoms with Crippen molar-refractivity contribution >= 4 is 0 Å². The van der Waals surface area contributed by atoms with Crippen molar-refractivity contribution in [3.8, 4) is 12.3 Å². The van der Waals surface area contributed by atoms with E-state index in [1.54, 1.807) is 0 Å². The highest BCUT2D eigenvalue weighted by Crippen LogP contribution is 2.32. The van der Waals surface area contributed by atoms with E-state index in [0.717, 1.165) is 12.1 Å². The lowest BCUT2D eigenvalue weighted by Crippen LogP contribution is -2.21. The molecule has 0 aliphatic carbocycles. The molecule has 17 heavy (non-hydrogen) atoms. The van der Waals surface area contributed by atoms with Crippen LogP contribution in [0.2, 0.25) is 0 Å². The van der Waals surface area contributed by atoms with Crippen LogP contribution in [0.5, 0.6) is 0 Å². The third kappa shape index (κ3) is 3.63. The van der Waals surface area contributed by atoms with Crippen molar-refractivity contribution in [2.24, 2.45) is 0 Å². The van der Waals surface area contributed by atoms with Crippen LogP contribution in [0.15, 0.2) is 6.20 Å². The Kier molecular flexibility index (Phi) is 5.28. The molecule has 1 aromatic rings. The summed E-state index contributed by atoms with van der Waals surface area (Å²) in [6, 6.07) is 0. The molecule has 0 aliphatic heterocycles. The molecule has 1 heterocycles. The molecule has 1 aromatic heterocycles. The van der Waals surface area contributed by atoms with Gasteiger partial charge in [0, 0.05) is 11.6 Å². The molecule has 2 heteroatoms. The van der Waals surface area contributed by atoms with E-state index in [1.165, 1.54) is 32.1 Å². The van der Waals surface area contributed by atoms with E-state index < -0.39 is 0 Å². The summed E-state index contributed by atoms with van der Waals surface area (Å²) in [5, 5.41) is 0. The number of aromatic nitrogens is 2. The molecule has 1 unspecified atom stereocenters. The Balaban J connectivity index is 2.64. The Hall–Kier alpha value is -1.23. The highest BCUT2D eigenvalue weighted by Gasteiger charge is 2.26. The lowest BCUT2D eigenvalue weighted by atomic mass is 9.79. The summed E-state index contributed by atoms with van der Waals surface area (Å²) in [6.45, 7) is 6.76. The highest BCUT2D eigenvalue weighted by atomic mass is 14.9. The molecule has 0 fully saturated rings. The van der Waals surface area contributed by atoms with Crippen molar-refractivity contribution in [1.29, 1.82) is 0 Å². The molecule has 0 bridgehead atoms. The molecule has 0 aromatic carbocycles. The first-order chi connectivity index (χ1) is 8.16. The molecule has 1 atom stereocenters. The van der Waals surface area contributed by atoms with E-state index in [4.69, 9.17) is 6.42 Å². The average Bonchev–Trinajstić information content (AvgIpc) is 2.83. The molecule has 2 nitrogen and oxygen atoms in total. The van der Waals surface area contributed by atoms with Crippen LogP contribution >= 0.6 is 0 Å². The number of hydrogen-bond donors (Lipinski definition) is 1. The van der Waals surface area contributed by atoms with Crippen molar-refractivity contribution in [3.63, 3.8) is 0 Å². The van der Waals surface area contributed by atoms with Crippen molar-refractivity contribution in [2.75, 3.05) is 0 Å². The van der Waals surface area contributed by atoms with Gasteiger partial charge in [0.1, 0.15) is 0 Å². The molecule has 1 N–H and O–H groups in total. The number of hydrogen-bond acceptors (Lipinski definition) is 1. The van der Waals surface area contributed by atoms with E-state index in [0.29, 0.717) is 5.82 Å². The maximum Gasteiger partial charge on any atom is 0.182 e. The highest BCUT2D eigenvalue weighted by molar-refractivity contribution is 5.22. The van der Waals surface area contributed by atoms with Gasteiger partial charge in [0.15, 0.2) is 5.82 Å². The number of unbranched alkanes of at least 4 members (excludes halogenated alkanes) is 3. The minimum atomic E-state index is 0.166. The van der Waals surface area contributed by atoms with E-state index in [-0.39, 0.29) is 5.41 Å². The molecule has 94 valence electrons. The molecule has 0 radical (unpaired) electrons. The molecule has 0 amide bonds. The Labute approximate surface area is 105 Å². The fourth-order valence-electron chi connectivity index (χ4n) is 2.13. The van der Waals surface area contributed by atoms with Crippen molar-refractivity contribution in [1.82, 2.24) is 9.97 Å². The third-order valence-corrected chi connectivity index (χ3v) is 3.70. The van der Waals surface area contributed by atoms with E-state index in [9.17, 15) is 0 Å². The van der Waals surface area contributed by atoms with Gasteiger partial charge >= 0.3 is 0 Å². The predicted octanol–water partition coefficient (Wildman–Crippen LogP) is 4.03. The molecule has 0 aliphatic rings. The molecular formula is C15H24N2. The van der Waals surface area contributed by atoms with Gasteiger partial charge in [-0.15, -0.1) is 6.42 Å². The summed E-state index contributed by atoms with van der Waals surface area (Å²) in [5.41, 5.74) is 1.28. The number of rotatable bonds is 7. The van der Waals surface area contributed by atoms with Gasteiger partial charge in [-0.3, -0.25) is 0 Å². The van der Waals surface area contributed by atoms with Gasteiger partial charge in [-0.1, -0.05) is 46.5 Å². The monoisotopic (exact) mass is 232 g/mol. The largest absolute Gasteiger partial charge is 0.338 e. The first-order valence-electron chi connectivity index (χ1n) is 6.68. The first-order valence-corrected chi connectivity index (χ1v) is 6.68. The molecular weight excluding hydrogens is 208 g/mol. The zero-order chi connectivity index (χ0) is 12.7. The normalized spacial score (nSPS) is 14.2. The summed E-state index contributed by atoms with van der Waals surface area (Å²) >= 11 is 0. The Morgan fingerprint density at radius 2 is 2.12 bits per heavy atom. The zero-order valence-electron chi connectivity index (χ0n) is 11.3. The number of terminal acetylenes is 1. The van der Waals surface area contributed by atoms with Gasteiger partial charge in [-0.2, -0.15) is 0 Å². The smallest absolute Gasteiger partial charge is 0.182 e. The van der Waals surface area contributed by atoms with Gasteiger partial charge in [0.05, 0.1) is 5.69 Å². The van der Waals surface area contributed by atoms with Crippen LogP contribution in [0, 0.1) is 12.3 Å². The lowest BCUT2D eigenvalue weighted by Gasteiger charge is -2.26. The van der Waals surface area contributed by atoms with E-state index in [1.807, 2.05) is 6.20 Å². The maximum atomic E-state index is 5.34. The minimum Gasteiger partial charge on any atom is -0.338 e. The average molecular weight is 232 g/mol. The van der Waals surface area contributed by atoms with Gasteiger partial charge < -0.3 is 4.98 Å². The summed E-state index contributed by atoms with van der Waals surface area (Å²) < 4.78 is 0. The van der Waals surface area contributed by atoms with Crippen LogP contribution in [-0.2, 0) is 5.41 Å². The van der Waals surface area contributed by atoms with Gasteiger partial charge in [0.25, 0.3) is 0 Å². The molecule has 0 spiro atoms. The number of aromatic amines is 1. The van der Waals surface area contributed by atoms with Crippen LogP contribution in [-0.4, -0.2) is 9.97 Å². The number of nitrogens with zero attached hydrogens (tertiary/aromatic N) is 1. The van der Waals surface area contributed by atoms with E-state index >= 15 is 0 Å². The van der Waals surface area contributed by atoms with Gasteiger partial charge in [-0.25, -0.2) is 4.98 Å². The second-order valence-corrected chi connectivity index (χ2v) is 5.00. The second-order valence-electron chi connectivity index (χ2n) is 5.00. The summed E-state index contributed by atoms with van der Waals surface area (Å²) in [5.74, 6) is 3.20. The molecule has 1 rings (SSSR count). The number of imidazole rings is 1. The topological polar surface area (TPSA) is 28.7 Å². The predicted molar refractivity (Wildman–Crippen MR) is 72.9 cm³/mol. The summed E-state index contributed by atoms with van der Waals surface area (Å²) in [6.07, 6.45) is 14.8. The lowest BCUT2D eigenvalue weighted by molar-refractivity contribution is 0.387. The van der Waals surface area contributed by atoms with E-state index in [2.05, 4.69) is 36.7 Å². The van der Waals surface area contributed by atoms with Crippen LogP contribution < -0.4 is 0 Å². The van der Waals surface area contributed by atoms with Crippen LogP contribution in [0.3, 0.4) is 0 Å². The van der Waals surface area contributed by atoms with Crippen molar-refractivity contribution in [3.05, 3.63) is 17.7 Å². The molecule has 0 saturated carbocycles. The standard InChI is InChI=1S/C15H24N2/c1-5-8-9-10-11-15(4,7-3)13-12-16-14(6-2)17-13/h2,12H,5,7-11H2,1,3-4H3,(H,16,17). The fourth-order valence-corrected chi connectivity index (χ4v) is 2.13. The summed E-state index contributed by atoms with van der Waals surface area (Å²) in [4.78, 5) is 7.53. The van der Waals surface area contributed by atoms with Crippen molar-refractivity contribution in [2.45, 2.75) is 64.7 Å². The van der Waals surface area contributed by atoms with Gasteiger partial charge in [-0.05, 0) is 18.8 Å². The minimum absolute atomic E-state index is 0.166. The Morgan fingerprint density at radius 1 is 1.35 bits per heavy atom. The summed E-state index contributed by atoms with van der Waals surface area (Å²) in [7, 11) is 0. The second kappa shape index (κ2) is 6.49. The Bertz CT molecular complexity index is 373. The fraction of sp³-hybridized carbons (Fsp3) is 0.667. The van der Waals surface area contributed by atoms with Crippen LogP contribution in [0.25, 0.3) is 0 Å². The SMILES string of the molecule is C#Cc1nc(C(C)(CC)CCCCCC)c[nH]1.